The molecule has 0 fully saturated rings. The Bertz CT molecular complexity index is 1340. The molecule has 0 saturated heterocycles. The van der Waals surface area contributed by atoms with E-state index in [4.69, 9.17) is 9.47 Å². The van der Waals surface area contributed by atoms with Crippen LogP contribution in [-0.4, -0.2) is 60.4 Å². The Labute approximate surface area is 239 Å². The minimum Gasteiger partial charge on any atom is -0.493 e. The molecule has 2 amide bonds. The highest BCUT2D eigenvalue weighted by Crippen LogP contribution is 2.28. The summed E-state index contributed by atoms with van der Waals surface area (Å²) in [5.41, 5.74) is 1.55. The fraction of sp³-hybridized carbons (Fsp3) is 0.400. The van der Waals surface area contributed by atoms with Crippen molar-refractivity contribution in [2.75, 3.05) is 33.9 Å². The summed E-state index contributed by atoms with van der Waals surface area (Å²) in [6, 6.07) is 14.2. The van der Waals surface area contributed by atoms with Crippen molar-refractivity contribution in [2.45, 2.75) is 46.6 Å². The third-order valence-electron chi connectivity index (χ3n) is 6.66. The second-order valence-corrected chi connectivity index (χ2v) is 11.0. The van der Waals surface area contributed by atoms with Crippen molar-refractivity contribution in [3.8, 4) is 11.5 Å². The van der Waals surface area contributed by atoms with Crippen LogP contribution in [0.15, 0.2) is 48.5 Å². The van der Waals surface area contributed by atoms with E-state index in [0.29, 0.717) is 49.5 Å². The summed E-state index contributed by atoms with van der Waals surface area (Å²) in [5, 5.41) is 11.5. The van der Waals surface area contributed by atoms with Crippen molar-refractivity contribution in [3.63, 3.8) is 0 Å². The molecule has 0 radical (unpaired) electrons. The maximum Gasteiger partial charge on any atom is 0.273 e. The number of amides is 2. The van der Waals surface area contributed by atoms with Crippen LogP contribution < -0.4 is 9.47 Å². The van der Waals surface area contributed by atoms with E-state index in [-0.39, 0.29) is 23.7 Å². The average Bonchev–Trinajstić information content (AvgIpc) is 3.36. The summed E-state index contributed by atoms with van der Waals surface area (Å²) in [7, 11) is 3.17. The van der Waals surface area contributed by atoms with Crippen LogP contribution in [0.25, 0.3) is 0 Å². The Hall–Kier alpha value is -3.92. The monoisotopic (exact) mass is 567 g/mol. The standard InChI is InChI=1S/C30H37N3O6S/c1-6-7-15-32(30(35)24-11-8-21(2)26(18-24)33(36)37)20-29(34)31(19-25-12-9-22(3)40-25)16-14-23-10-13-27(38-4)28(17-23)39-5/h8-13,17-18H,6-7,14-16,19-20H2,1-5H3. The predicted octanol–water partition coefficient (Wildman–Crippen LogP) is 5.80. The molecule has 9 nitrogen and oxygen atoms in total. The average molecular weight is 568 g/mol. The number of hydrogen-bond donors (Lipinski definition) is 0. The number of unbranched alkanes of at least 4 members (excludes halogenated alkanes) is 1. The highest BCUT2D eigenvalue weighted by Gasteiger charge is 2.24. The molecule has 10 heteroatoms. The lowest BCUT2D eigenvalue weighted by Gasteiger charge is -2.28. The van der Waals surface area contributed by atoms with Crippen LogP contribution in [0.1, 0.15) is 51.0 Å². The number of benzene rings is 2. The third-order valence-corrected chi connectivity index (χ3v) is 7.65. The van der Waals surface area contributed by atoms with Crippen molar-refractivity contribution in [2.24, 2.45) is 0 Å². The first kappa shape index (κ1) is 30.6. The number of carbonyl (C=O) groups is 2. The number of methoxy groups -OCH3 is 2. The molecule has 0 unspecified atom stereocenters. The van der Waals surface area contributed by atoms with Crippen LogP contribution in [0.2, 0.25) is 0 Å². The molecular weight excluding hydrogens is 530 g/mol. The number of nitro groups is 1. The Morgan fingerprint density at radius 1 is 0.950 bits per heavy atom. The number of nitrogens with zero attached hydrogens (tertiary/aromatic N) is 3. The van der Waals surface area contributed by atoms with Crippen LogP contribution in [0.3, 0.4) is 0 Å². The molecule has 0 bridgehead atoms. The molecule has 0 saturated carbocycles. The van der Waals surface area contributed by atoms with Gasteiger partial charge in [0.05, 0.1) is 25.7 Å². The third kappa shape index (κ3) is 8.05. The normalized spacial score (nSPS) is 10.7. The zero-order valence-electron chi connectivity index (χ0n) is 23.8. The van der Waals surface area contributed by atoms with E-state index in [9.17, 15) is 19.7 Å². The zero-order chi connectivity index (χ0) is 29.2. The minimum absolute atomic E-state index is 0.114. The summed E-state index contributed by atoms with van der Waals surface area (Å²) in [5.74, 6) is 0.680. The first-order valence-corrected chi connectivity index (χ1v) is 14.1. The van der Waals surface area contributed by atoms with Gasteiger partial charge < -0.3 is 19.3 Å². The summed E-state index contributed by atoms with van der Waals surface area (Å²) in [6.07, 6.45) is 2.13. The number of thiophene rings is 1. The van der Waals surface area contributed by atoms with Gasteiger partial charge in [-0.05, 0) is 62.6 Å². The highest BCUT2D eigenvalue weighted by molar-refractivity contribution is 7.11. The molecule has 40 heavy (non-hydrogen) atoms. The van der Waals surface area contributed by atoms with Gasteiger partial charge >= 0.3 is 0 Å². The largest absolute Gasteiger partial charge is 0.493 e. The number of carbonyl (C=O) groups excluding carboxylic acids is 2. The van der Waals surface area contributed by atoms with E-state index < -0.39 is 10.8 Å². The fourth-order valence-electron chi connectivity index (χ4n) is 4.34. The van der Waals surface area contributed by atoms with Gasteiger partial charge in [-0.1, -0.05) is 25.5 Å². The minimum atomic E-state index is -0.493. The lowest BCUT2D eigenvalue weighted by atomic mass is 10.1. The molecule has 3 aromatic rings. The molecule has 2 aromatic carbocycles. The van der Waals surface area contributed by atoms with Gasteiger partial charge in [-0.15, -0.1) is 11.3 Å². The van der Waals surface area contributed by atoms with Gasteiger partial charge in [0.2, 0.25) is 5.91 Å². The first-order chi connectivity index (χ1) is 19.2. The molecule has 0 atom stereocenters. The maximum atomic E-state index is 13.7. The molecule has 0 spiro atoms. The van der Waals surface area contributed by atoms with Gasteiger partial charge in [-0.2, -0.15) is 0 Å². The van der Waals surface area contributed by atoms with E-state index in [0.717, 1.165) is 21.7 Å². The Morgan fingerprint density at radius 3 is 2.33 bits per heavy atom. The second kappa shape index (κ2) is 14.5. The van der Waals surface area contributed by atoms with E-state index in [1.54, 1.807) is 49.5 Å². The summed E-state index contributed by atoms with van der Waals surface area (Å²) in [4.78, 5) is 43.6. The number of hydrogen-bond acceptors (Lipinski definition) is 7. The molecule has 3 rings (SSSR count). The number of nitro benzene ring substituents is 1. The lowest BCUT2D eigenvalue weighted by Crippen LogP contribution is -2.43. The zero-order valence-corrected chi connectivity index (χ0v) is 24.6. The number of rotatable bonds is 14. The van der Waals surface area contributed by atoms with Gasteiger partial charge in [0, 0.05) is 40.0 Å². The van der Waals surface area contributed by atoms with Crippen molar-refractivity contribution >= 4 is 28.8 Å². The van der Waals surface area contributed by atoms with Crippen LogP contribution >= 0.6 is 11.3 Å². The summed E-state index contributed by atoms with van der Waals surface area (Å²) >= 11 is 1.63. The smallest absolute Gasteiger partial charge is 0.273 e. The quantitative estimate of drug-likeness (QED) is 0.180. The molecule has 0 aliphatic rings. The van der Waals surface area contributed by atoms with Crippen molar-refractivity contribution in [1.29, 1.82) is 0 Å². The Morgan fingerprint density at radius 2 is 1.70 bits per heavy atom. The van der Waals surface area contributed by atoms with Crippen molar-refractivity contribution in [1.82, 2.24) is 9.80 Å². The summed E-state index contributed by atoms with van der Waals surface area (Å²) in [6.45, 7) is 6.80. The second-order valence-electron chi connectivity index (χ2n) is 9.61. The van der Waals surface area contributed by atoms with Gasteiger partial charge in [-0.3, -0.25) is 19.7 Å². The fourth-order valence-corrected chi connectivity index (χ4v) is 5.24. The lowest BCUT2D eigenvalue weighted by molar-refractivity contribution is -0.385. The van der Waals surface area contributed by atoms with Crippen LogP contribution in [0, 0.1) is 24.0 Å². The molecule has 0 N–H and O–H groups in total. The Balaban J connectivity index is 1.83. The molecular formula is C30H37N3O6S. The number of aryl methyl sites for hydroxylation is 2. The molecule has 1 heterocycles. The molecule has 0 aliphatic heterocycles. The topological polar surface area (TPSA) is 102 Å². The highest BCUT2D eigenvalue weighted by atomic mass is 32.1. The molecule has 1 aromatic heterocycles. The van der Waals surface area contributed by atoms with Gasteiger partial charge in [0.1, 0.15) is 6.54 Å². The van der Waals surface area contributed by atoms with Crippen LogP contribution in [0.4, 0.5) is 5.69 Å². The van der Waals surface area contributed by atoms with Crippen molar-refractivity contribution in [3.05, 3.63) is 85.1 Å². The van der Waals surface area contributed by atoms with Gasteiger partial charge in [-0.25, -0.2) is 0 Å². The van der Waals surface area contributed by atoms with E-state index in [1.807, 2.05) is 44.2 Å². The Kier molecular flexibility index (Phi) is 11.1. The van der Waals surface area contributed by atoms with E-state index in [2.05, 4.69) is 0 Å². The maximum absolute atomic E-state index is 13.7. The predicted molar refractivity (Wildman–Crippen MR) is 156 cm³/mol. The van der Waals surface area contributed by atoms with Gasteiger partial charge in [0.15, 0.2) is 11.5 Å². The van der Waals surface area contributed by atoms with Crippen LogP contribution in [-0.2, 0) is 17.8 Å². The summed E-state index contributed by atoms with van der Waals surface area (Å²) < 4.78 is 10.8. The first-order valence-electron chi connectivity index (χ1n) is 13.2. The van der Waals surface area contributed by atoms with Crippen molar-refractivity contribution < 1.29 is 24.0 Å². The van der Waals surface area contributed by atoms with E-state index in [1.165, 1.54) is 11.0 Å². The van der Waals surface area contributed by atoms with E-state index >= 15 is 0 Å². The molecule has 214 valence electrons. The molecule has 0 aliphatic carbocycles. The SMILES string of the molecule is CCCCN(CC(=O)N(CCc1ccc(OC)c(OC)c1)Cc1ccc(C)s1)C(=O)c1ccc(C)c([N+](=O)[O-])c1. The number of ether oxygens (including phenoxy) is 2. The van der Waals surface area contributed by atoms with Gasteiger partial charge in [0.25, 0.3) is 11.6 Å². The van der Waals surface area contributed by atoms with Crippen LogP contribution in [0.5, 0.6) is 11.5 Å².